The molecule has 0 aromatic carbocycles. The summed E-state index contributed by atoms with van der Waals surface area (Å²) in [7, 11) is 0. The molecule has 1 aromatic heterocycles. The molecule has 0 atom stereocenters. The van der Waals surface area contributed by atoms with Gasteiger partial charge in [-0.1, -0.05) is 20.8 Å². The molecule has 3 heteroatoms. The largest absolute Gasteiger partial charge is 0.481 e. The summed E-state index contributed by atoms with van der Waals surface area (Å²) in [6, 6.07) is 4.27. The molecule has 1 heterocycles. The maximum atomic E-state index is 10.4. The van der Waals surface area contributed by atoms with Gasteiger partial charge < -0.3 is 5.11 Å². The van der Waals surface area contributed by atoms with Gasteiger partial charge in [0.2, 0.25) is 0 Å². The maximum absolute atomic E-state index is 10.4. The minimum Gasteiger partial charge on any atom is -0.481 e. The first-order chi connectivity index (χ1) is 6.89. The third-order valence-corrected chi connectivity index (χ3v) is 3.79. The fourth-order valence-electron chi connectivity index (χ4n) is 1.33. The van der Waals surface area contributed by atoms with Crippen molar-refractivity contribution in [2.24, 2.45) is 0 Å². The Morgan fingerprint density at radius 1 is 1.40 bits per heavy atom. The molecule has 0 unspecified atom stereocenters. The zero-order valence-corrected chi connectivity index (χ0v) is 10.4. The second-order valence-corrected chi connectivity index (χ2v) is 5.93. The number of carboxylic acids is 1. The summed E-state index contributed by atoms with van der Waals surface area (Å²) in [5, 5.41) is 8.53. The number of aliphatic carboxylic acids is 1. The summed E-state index contributed by atoms with van der Waals surface area (Å²) in [5.74, 6) is -0.706. The van der Waals surface area contributed by atoms with Crippen LogP contribution in [0.5, 0.6) is 0 Å². The van der Waals surface area contributed by atoms with E-state index in [-0.39, 0.29) is 11.8 Å². The Kier molecular flexibility index (Phi) is 3.91. The van der Waals surface area contributed by atoms with Crippen LogP contribution in [0.25, 0.3) is 0 Å². The van der Waals surface area contributed by atoms with Gasteiger partial charge in [0, 0.05) is 16.2 Å². The van der Waals surface area contributed by atoms with Gasteiger partial charge in [0.15, 0.2) is 0 Å². The van der Waals surface area contributed by atoms with Gasteiger partial charge in [0.05, 0.1) is 0 Å². The molecule has 0 radical (unpaired) electrons. The zero-order valence-electron chi connectivity index (χ0n) is 9.54. The SMILES string of the molecule is CC(C)(C)c1ccc(CCCC(=O)O)s1. The van der Waals surface area contributed by atoms with E-state index in [0.29, 0.717) is 0 Å². The summed E-state index contributed by atoms with van der Waals surface area (Å²) in [4.78, 5) is 13.0. The van der Waals surface area contributed by atoms with Crippen LogP contribution in [0.15, 0.2) is 12.1 Å². The van der Waals surface area contributed by atoms with E-state index in [2.05, 4.69) is 32.9 Å². The second-order valence-electron chi connectivity index (χ2n) is 4.76. The van der Waals surface area contributed by atoms with Gasteiger partial charge >= 0.3 is 5.97 Å². The van der Waals surface area contributed by atoms with Crippen LogP contribution in [0, 0.1) is 0 Å². The predicted octanol–water partition coefficient (Wildman–Crippen LogP) is 3.45. The van der Waals surface area contributed by atoms with Crippen molar-refractivity contribution in [2.75, 3.05) is 0 Å². The van der Waals surface area contributed by atoms with Gasteiger partial charge in [-0.25, -0.2) is 0 Å². The van der Waals surface area contributed by atoms with Gasteiger partial charge in [-0.2, -0.15) is 0 Å². The zero-order chi connectivity index (χ0) is 11.5. The predicted molar refractivity (Wildman–Crippen MR) is 63.6 cm³/mol. The van der Waals surface area contributed by atoms with Gasteiger partial charge in [-0.15, -0.1) is 11.3 Å². The van der Waals surface area contributed by atoms with Crippen LogP contribution in [0.1, 0.15) is 43.4 Å². The Morgan fingerprint density at radius 2 is 2.07 bits per heavy atom. The van der Waals surface area contributed by atoms with Crippen molar-refractivity contribution in [2.45, 2.75) is 45.4 Å². The summed E-state index contributed by atoms with van der Waals surface area (Å²) in [6.07, 6.45) is 1.88. The molecule has 1 aromatic rings. The van der Waals surface area contributed by atoms with E-state index >= 15 is 0 Å². The number of aryl methyl sites for hydroxylation is 1. The van der Waals surface area contributed by atoms with Gasteiger partial charge in [0.25, 0.3) is 0 Å². The minimum absolute atomic E-state index is 0.204. The van der Waals surface area contributed by atoms with E-state index < -0.39 is 5.97 Å². The molecule has 1 N–H and O–H groups in total. The second kappa shape index (κ2) is 4.79. The monoisotopic (exact) mass is 226 g/mol. The Labute approximate surface area is 94.9 Å². The van der Waals surface area contributed by atoms with Crippen molar-refractivity contribution < 1.29 is 9.90 Å². The third-order valence-electron chi connectivity index (χ3n) is 2.21. The average Bonchev–Trinajstić information content (AvgIpc) is 2.51. The smallest absolute Gasteiger partial charge is 0.303 e. The molecule has 84 valence electrons. The number of carboxylic acid groups (broad SMARTS) is 1. The minimum atomic E-state index is -0.706. The first kappa shape index (κ1) is 12.2. The molecule has 0 fully saturated rings. The van der Waals surface area contributed by atoms with E-state index in [4.69, 9.17) is 5.11 Å². The molecule has 2 nitrogen and oxygen atoms in total. The van der Waals surface area contributed by atoms with Crippen LogP contribution < -0.4 is 0 Å². The van der Waals surface area contributed by atoms with Crippen LogP contribution in [-0.4, -0.2) is 11.1 Å². The van der Waals surface area contributed by atoms with Crippen LogP contribution >= 0.6 is 11.3 Å². The molecule has 0 aliphatic heterocycles. The Morgan fingerprint density at radius 3 is 2.53 bits per heavy atom. The lowest BCUT2D eigenvalue weighted by atomic mass is 9.95. The van der Waals surface area contributed by atoms with E-state index in [1.807, 2.05) is 0 Å². The van der Waals surface area contributed by atoms with E-state index in [1.54, 1.807) is 11.3 Å². The highest BCUT2D eigenvalue weighted by atomic mass is 32.1. The summed E-state index contributed by atoms with van der Waals surface area (Å²) >= 11 is 1.80. The van der Waals surface area contributed by atoms with E-state index in [1.165, 1.54) is 9.75 Å². The van der Waals surface area contributed by atoms with Crippen molar-refractivity contribution in [1.29, 1.82) is 0 Å². The van der Waals surface area contributed by atoms with Crippen molar-refractivity contribution in [1.82, 2.24) is 0 Å². The first-order valence-corrected chi connectivity index (χ1v) is 6.02. The maximum Gasteiger partial charge on any atom is 0.303 e. The molecular formula is C12H18O2S. The van der Waals surface area contributed by atoms with Crippen LogP contribution in [0.2, 0.25) is 0 Å². The number of hydrogen-bond acceptors (Lipinski definition) is 2. The Bertz CT molecular complexity index is 334. The first-order valence-electron chi connectivity index (χ1n) is 5.20. The molecule has 15 heavy (non-hydrogen) atoms. The summed E-state index contributed by atoms with van der Waals surface area (Å²) in [5.41, 5.74) is 0.204. The molecule has 0 spiro atoms. The summed E-state index contributed by atoms with van der Waals surface area (Å²) < 4.78 is 0. The highest BCUT2D eigenvalue weighted by Gasteiger charge is 2.15. The molecule has 0 bridgehead atoms. The number of rotatable bonds is 4. The summed E-state index contributed by atoms with van der Waals surface area (Å²) in [6.45, 7) is 6.58. The quantitative estimate of drug-likeness (QED) is 0.853. The lowest BCUT2D eigenvalue weighted by Crippen LogP contribution is -2.07. The molecule has 0 saturated heterocycles. The van der Waals surface area contributed by atoms with E-state index in [0.717, 1.165) is 12.8 Å². The van der Waals surface area contributed by atoms with Gasteiger partial charge in [-0.3, -0.25) is 4.79 Å². The van der Waals surface area contributed by atoms with Crippen molar-refractivity contribution in [3.05, 3.63) is 21.9 Å². The van der Waals surface area contributed by atoms with Crippen molar-refractivity contribution in [3.8, 4) is 0 Å². The van der Waals surface area contributed by atoms with Crippen LogP contribution in [-0.2, 0) is 16.6 Å². The fourth-order valence-corrected chi connectivity index (χ4v) is 2.44. The van der Waals surface area contributed by atoms with Crippen molar-refractivity contribution >= 4 is 17.3 Å². The highest BCUT2D eigenvalue weighted by molar-refractivity contribution is 7.12. The lowest BCUT2D eigenvalue weighted by molar-refractivity contribution is -0.137. The molecule has 1 rings (SSSR count). The van der Waals surface area contributed by atoms with Crippen molar-refractivity contribution in [3.63, 3.8) is 0 Å². The number of thiophene rings is 1. The van der Waals surface area contributed by atoms with Gasteiger partial charge in [-0.05, 0) is 30.4 Å². The van der Waals surface area contributed by atoms with Gasteiger partial charge in [0.1, 0.15) is 0 Å². The topological polar surface area (TPSA) is 37.3 Å². The normalized spacial score (nSPS) is 11.7. The molecular weight excluding hydrogens is 208 g/mol. The molecule has 0 aliphatic rings. The molecule has 0 saturated carbocycles. The molecule has 0 amide bonds. The fraction of sp³-hybridized carbons (Fsp3) is 0.583. The Balaban J connectivity index is 2.50. The third kappa shape index (κ3) is 4.04. The lowest BCUT2D eigenvalue weighted by Gasteiger charge is -2.15. The molecule has 0 aliphatic carbocycles. The standard InChI is InChI=1S/C12H18O2S/c1-12(2,3)10-8-7-9(15-10)5-4-6-11(13)14/h7-8H,4-6H2,1-3H3,(H,13,14). The highest BCUT2D eigenvalue weighted by Crippen LogP contribution is 2.30. The van der Waals surface area contributed by atoms with Crippen LogP contribution in [0.3, 0.4) is 0 Å². The van der Waals surface area contributed by atoms with Crippen LogP contribution in [0.4, 0.5) is 0 Å². The number of carbonyl (C=O) groups is 1. The number of hydrogen-bond donors (Lipinski definition) is 1. The Hall–Kier alpha value is -0.830. The average molecular weight is 226 g/mol. The van der Waals surface area contributed by atoms with E-state index in [9.17, 15) is 4.79 Å².